The molecule has 7 nitrogen and oxygen atoms in total. The van der Waals surface area contributed by atoms with Gasteiger partial charge in [0.1, 0.15) is 17.3 Å². The molecule has 0 radical (unpaired) electrons. The monoisotopic (exact) mass is 372 g/mol. The van der Waals surface area contributed by atoms with Crippen LogP contribution in [0.3, 0.4) is 0 Å². The van der Waals surface area contributed by atoms with Gasteiger partial charge in [-0.15, -0.1) is 0 Å². The molecular formula is C20H28N4O3. The number of rotatable bonds is 7. The molecule has 0 saturated carbocycles. The minimum atomic E-state index is -0.00980. The van der Waals surface area contributed by atoms with E-state index in [0.717, 1.165) is 38.3 Å². The average Bonchev–Trinajstić information content (AvgIpc) is 3.12. The lowest BCUT2D eigenvalue weighted by atomic mass is 9.97. The summed E-state index contributed by atoms with van der Waals surface area (Å²) in [5.74, 6) is 2.86. The van der Waals surface area contributed by atoms with E-state index in [2.05, 4.69) is 19.8 Å². The molecule has 1 unspecified atom stereocenters. The Kier molecular flexibility index (Phi) is 6.34. The van der Waals surface area contributed by atoms with E-state index >= 15 is 0 Å². The van der Waals surface area contributed by atoms with E-state index < -0.39 is 0 Å². The normalized spacial score (nSPS) is 17.5. The molecule has 0 bridgehead atoms. The number of likely N-dealkylation sites (tertiary alicyclic amines) is 1. The van der Waals surface area contributed by atoms with Crippen molar-refractivity contribution in [2.75, 3.05) is 39.2 Å². The van der Waals surface area contributed by atoms with Gasteiger partial charge in [0.2, 0.25) is 5.91 Å². The fourth-order valence-corrected chi connectivity index (χ4v) is 3.60. The van der Waals surface area contributed by atoms with E-state index in [1.807, 2.05) is 19.4 Å². The van der Waals surface area contributed by atoms with Crippen LogP contribution in [0.4, 0.5) is 5.69 Å². The third kappa shape index (κ3) is 5.01. The van der Waals surface area contributed by atoms with Gasteiger partial charge in [0.15, 0.2) is 0 Å². The van der Waals surface area contributed by atoms with Gasteiger partial charge in [-0.1, -0.05) is 0 Å². The van der Waals surface area contributed by atoms with Crippen molar-refractivity contribution in [3.8, 4) is 11.5 Å². The van der Waals surface area contributed by atoms with Crippen LogP contribution in [0.2, 0.25) is 0 Å². The fraction of sp³-hybridized carbons (Fsp3) is 0.500. The number of nitrogens with one attached hydrogen (secondary N) is 1. The molecular weight excluding hydrogens is 344 g/mol. The van der Waals surface area contributed by atoms with E-state index in [0.29, 0.717) is 29.5 Å². The number of piperidine rings is 1. The number of hydrogen-bond donors (Lipinski definition) is 1. The van der Waals surface area contributed by atoms with Crippen molar-refractivity contribution in [2.45, 2.75) is 25.2 Å². The first kappa shape index (κ1) is 19.2. The first-order chi connectivity index (χ1) is 13.1. The molecule has 2 heterocycles. The SMILES string of the molecule is COc1cc(NC(=O)CCN2CCCC(c3nccn3C)C2)cc(OC)c1. The molecule has 1 aromatic carbocycles. The summed E-state index contributed by atoms with van der Waals surface area (Å²) >= 11 is 0. The van der Waals surface area contributed by atoms with Gasteiger partial charge >= 0.3 is 0 Å². The highest BCUT2D eigenvalue weighted by molar-refractivity contribution is 5.91. The lowest BCUT2D eigenvalue weighted by Gasteiger charge is -2.32. The van der Waals surface area contributed by atoms with Crippen LogP contribution in [0.15, 0.2) is 30.6 Å². The van der Waals surface area contributed by atoms with E-state index in [1.165, 1.54) is 0 Å². The number of aromatic nitrogens is 2. The van der Waals surface area contributed by atoms with Crippen LogP contribution in [0, 0.1) is 0 Å². The standard InChI is InChI=1S/C20H28N4O3/c1-23-10-7-21-20(23)15-5-4-8-24(14-15)9-6-19(25)22-16-11-17(26-2)13-18(12-16)27-3/h7,10-13,15H,4-6,8-9,14H2,1-3H3,(H,22,25). The Bertz CT molecular complexity index is 752. The molecule has 1 aromatic heterocycles. The predicted molar refractivity (Wildman–Crippen MR) is 104 cm³/mol. The van der Waals surface area contributed by atoms with Crippen LogP contribution in [0.5, 0.6) is 11.5 Å². The van der Waals surface area contributed by atoms with Gasteiger partial charge < -0.3 is 24.3 Å². The first-order valence-electron chi connectivity index (χ1n) is 9.31. The fourth-order valence-electron chi connectivity index (χ4n) is 3.60. The lowest BCUT2D eigenvalue weighted by Crippen LogP contribution is -2.37. The number of ether oxygens (including phenoxy) is 2. The molecule has 0 spiro atoms. The number of hydrogen-bond acceptors (Lipinski definition) is 5. The zero-order chi connectivity index (χ0) is 19.2. The van der Waals surface area contributed by atoms with Crippen LogP contribution in [-0.2, 0) is 11.8 Å². The van der Waals surface area contributed by atoms with Gasteiger partial charge in [-0.25, -0.2) is 4.98 Å². The third-order valence-electron chi connectivity index (χ3n) is 5.02. The highest BCUT2D eigenvalue weighted by Crippen LogP contribution is 2.27. The molecule has 146 valence electrons. The van der Waals surface area contributed by atoms with Crippen molar-refractivity contribution in [3.05, 3.63) is 36.4 Å². The second kappa shape index (κ2) is 8.90. The molecule has 1 aliphatic heterocycles. The van der Waals surface area contributed by atoms with Crippen molar-refractivity contribution < 1.29 is 14.3 Å². The molecule has 1 atom stereocenters. The lowest BCUT2D eigenvalue weighted by molar-refractivity contribution is -0.116. The number of aryl methyl sites for hydroxylation is 1. The Morgan fingerprint density at radius 3 is 2.63 bits per heavy atom. The quantitative estimate of drug-likeness (QED) is 0.809. The molecule has 1 N–H and O–H groups in total. The number of carbonyl (C=O) groups excluding carboxylic acids is 1. The Morgan fingerprint density at radius 2 is 2.00 bits per heavy atom. The number of anilines is 1. The topological polar surface area (TPSA) is 68.6 Å². The van der Waals surface area contributed by atoms with Crippen molar-refractivity contribution in [1.29, 1.82) is 0 Å². The summed E-state index contributed by atoms with van der Waals surface area (Å²) < 4.78 is 12.6. The first-order valence-corrected chi connectivity index (χ1v) is 9.31. The van der Waals surface area contributed by atoms with Crippen molar-refractivity contribution in [1.82, 2.24) is 14.5 Å². The van der Waals surface area contributed by atoms with E-state index in [-0.39, 0.29) is 5.91 Å². The summed E-state index contributed by atoms with van der Waals surface area (Å²) in [5, 5.41) is 2.94. The van der Waals surface area contributed by atoms with Crippen LogP contribution in [0.25, 0.3) is 0 Å². The Morgan fingerprint density at radius 1 is 1.26 bits per heavy atom. The molecule has 0 aliphatic carbocycles. The summed E-state index contributed by atoms with van der Waals surface area (Å²) in [6.45, 7) is 2.72. The highest BCUT2D eigenvalue weighted by Gasteiger charge is 2.24. The summed E-state index contributed by atoms with van der Waals surface area (Å²) in [5.41, 5.74) is 0.681. The number of nitrogens with zero attached hydrogens (tertiary/aromatic N) is 3. The van der Waals surface area contributed by atoms with Gasteiger partial charge in [0.25, 0.3) is 0 Å². The maximum absolute atomic E-state index is 12.4. The minimum Gasteiger partial charge on any atom is -0.497 e. The number of carbonyl (C=O) groups is 1. The summed E-state index contributed by atoms with van der Waals surface area (Å²) in [4.78, 5) is 19.2. The maximum atomic E-state index is 12.4. The van der Waals surface area contributed by atoms with Gasteiger partial charge in [-0.2, -0.15) is 0 Å². The largest absolute Gasteiger partial charge is 0.497 e. The number of benzene rings is 1. The van der Waals surface area contributed by atoms with Crippen molar-refractivity contribution in [3.63, 3.8) is 0 Å². The Balaban J connectivity index is 1.52. The van der Waals surface area contributed by atoms with Gasteiger partial charge in [0.05, 0.1) is 14.2 Å². The number of amides is 1. The smallest absolute Gasteiger partial charge is 0.225 e. The van der Waals surface area contributed by atoms with E-state index in [9.17, 15) is 4.79 Å². The van der Waals surface area contributed by atoms with E-state index in [1.54, 1.807) is 32.4 Å². The average molecular weight is 372 g/mol. The van der Waals surface area contributed by atoms with Crippen LogP contribution in [-0.4, -0.2) is 54.2 Å². The number of methoxy groups -OCH3 is 2. The summed E-state index contributed by atoms with van der Waals surface area (Å²) in [6.07, 6.45) is 6.57. The molecule has 27 heavy (non-hydrogen) atoms. The maximum Gasteiger partial charge on any atom is 0.225 e. The highest BCUT2D eigenvalue weighted by atomic mass is 16.5. The minimum absolute atomic E-state index is 0.00980. The van der Waals surface area contributed by atoms with Crippen LogP contribution in [0.1, 0.15) is 31.0 Å². The van der Waals surface area contributed by atoms with Gasteiger partial charge in [0, 0.05) is 68.8 Å². The van der Waals surface area contributed by atoms with Crippen molar-refractivity contribution in [2.24, 2.45) is 7.05 Å². The van der Waals surface area contributed by atoms with Crippen molar-refractivity contribution >= 4 is 11.6 Å². The molecule has 1 fully saturated rings. The Labute approximate surface area is 160 Å². The molecule has 1 amide bonds. The summed E-state index contributed by atoms with van der Waals surface area (Å²) in [7, 11) is 5.22. The van der Waals surface area contributed by atoms with Gasteiger partial charge in [-0.05, 0) is 19.4 Å². The molecule has 3 rings (SSSR count). The van der Waals surface area contributed by atoms with Gasteiger partial charge in [-0.3, -0.25) is 4.79 Å². The zero-order valence-electron chi connectivity index (χ0n) is 16.3. The van der Waals surface area contributed by atoms with Crippen LogP contribution < -0.4 is 14.8 Å². The molecule has 1 aliphatic rings. The second-order valence-corrected chi connectivity index (χ2v) is 6.94. The third-order valence-corrected chi connectivity index (χ3v) is 5.02. The Hall–Kier alpha value is -2.54. The number of imidazole rings is 1. The molecule has 2 aromatic rings. The van der Waals surface area contributed by atoms with E-state index in [4.69, 9.17) is 9.47 Å². The predicted octanol–water partition coefficient (Wildman–Crippen LogP) is 2.65. The molecule has 7 heteroatoms. The van der Waals surface area contributed by atoms with Crippen LogP contribution >= 0.6 is 0 Å². The molecule has 1 saturated heterocycles. The summed E-state index contributed by atoms with van der Waals surface area (Å²) in [6, 6.07) is 5.36. The zero-order valence-corrected chi connectivity index (χ0v) is 16.3. The second-order valence-electron chi connectivity index (χ2n) is 6.94.